The molecule has 0 aromatic heterocycles. The minimum absolute atomic E-state index is 0.104. The third kappa shape index (κ3) is 62.6. The molecule has 516 valence electrons. The Balaban J connectivity index is 5.25. The molecule has 0 rings (SSSR count). The average molecular weight is 1280 g/mol. The number of hydrogen-bond donors (Lipinski definition) is 3. The summed E-state index contributed by atoms with van der Waals surface area (Å²) in [6.45, 7) is 11.8. The second-order valence-corrected chi connectivity index (χ2v) is 28.9. The number of aliphatic hydroxyl groups excluding tert-OH is 1. The van der Waals surface area contributed by atoms with Gasteiger partial charge in [-0.15, -0.1) is 0 Å². The summed E-state index contributed by atoms with van der Waals surface area (Å²) in [5, 5.41) is 10.6. The Labute approximate surface area is 530 Å². The average Bonchev–Trinajstić information content (AvgIpc) is 3.69. The van der Waals surface area contributed by atoms with Gasteiger partial charge in [-0.25, -0.2) is 9.13 Å². The van der Waals surface area contributed by atoms with Gasteiger partial charge in [0.05, 0.1) is 26.4 Å². The lowest BCUT2D eigenvalue weighted by atomic mass is 10.0. The summed E-state index contributed by atoms with van der Waals surface area (Å²) < 4.78 is 68.2. The van der Waals surface area contributed by atoms with Crippen LogP contribution in [0, 0.1) is 17.8 Å². The molecule has 87 heavy (non-hydrogen) atoms. The number of phosphoric acid groups is 2. The highest BCUT2D eigenvalue weighted by Crippen LogP contribution is 2.45. The highest BCUT2D eigenvalue weighted by Gasteiger charge is 2.30. The maximum absolute atomic E-state index is 13.0. The molecular formula is C68H132O17P2. The second-order valence-electron chi connectivity index (χ2n) is 26.0. The summed E-state index contributed by atoms with van der Waals surface area (Å²) in [7, 11) is -9.90. The number of ether oxygens (including phenoxy) is 4. The van der Waals surface area contributed by atoms with Gasteiger partial charge < -0.3 is 33.8 Å². The molecular weight excluding hydrogens is 1150 g/mol. The van der Waals surface area contributed by atoms with Crippen LogP contribution in [0.1, 0.15) is 337 Å². The number of rotatable bonds is 66. The second kappa shape index (κ2) is 59.1. The first-order valence-electron chi connectivity index (χ1n) is 35.3. The van der Waals surface area contributed by atoms with Gasteiger partial charge in [0.25, 0.3) is 0 Å². The van der Waals surface area contributed by atoms with Gasteiger partial charge in [-0.1, -0.05) is 286 Å². The number of hydrogen-bond acceptors (Lipinski definition) is 15. The number of unbranched alkanes of at least 4 members (excludes halogenated alkanes) is 34. The first-order valence-corrected chi connectivity index (χ1v) is 38.3. The smallest absolute Gasteiger partial charge is 0.462 e. The Kier molecular flexibility index (Phi) is 57.8. The van der Waals surface area contributed by atoms with Crippen LogP contribution in [0.4, 0.5) is 0 Å². The summed E-state index contributed by atoms with van der Waals surface area (Å²) in [6.07, 6.45) is 41.7. The molecule has 5 atom stereocenters. The van der Waals surface area contributed by atoms with E-state index >= 15 is 0 Å². The van der Waals surface area contributed by atoms with Crippen molar-refractivity contribution in [3.05, 3.63) is 0 Å². The summed E-state index contributed by atoms with van der Waals surface area (Å²) in [5.41, 5.74) is 0. The lowest BCUT2D eigenvalue weighted by Crippen LogP contribution is -2.30. The predicted octanol–water partition coefficient (Wildman–Crippen LogP) is 19.1. The van der Waals surface area contributed by atoms with Crippen molar-refractivity contribution in [2.24, 2.45) is 17.8 Å². The van der Waals surface area contributed by atoms with Crippen LogP contribution < -0.4 is 0 Å². The van der Waals surface area contributed by atoms with Gasteiger partial charge in [-0.05, 0) is 43.4 Å². The maximum atomic E-state index is 13.0. The maximum Gasteiger partial charge on any atom is 0.472 e. The molecule has 0 saturated carbocycles. The highest BCUT2D eigenvalue weighted by atomic mass is 31.2. The van der Waals surface area contributed by atoms with Crippen molar-refractivity contribution in [3.63, 3.8) is 0 Å². The normalized spacial score (nSPS) is 14.3. The molecule has 0 aromatic carbocycles. The van der Waals surface area contributed by atoms with E-state index in [4.69, 9.17) is 37.0 Å². The van der Waals surface area contributed by atoms with Gasteiger partial charge in [0.15, 0.2) is 12.2 Å². The van der Waals surface area contributed by atoms with Crippen molar-refractivity contribution in [1.29, 1.82) is 0 Å². The van der Waals surface area contributed by atoms with E-state index in [0.29, 0.717) is 25.7 Å². The van der Waals surface area contributed by atoms with E-state index in [2.05, 4.69) is 48.5 Å². The fourth-order valence-corrected chi connectivity index (χ4v) is 11.8. The summed E-state index contributed by atoms with van der Waals surface area (Å²) in [4.78, 5) is 72.4. The van der Waals surface area contributed by atoms with Gasteiger partial charge in [-0.3, -0.25) is 37.3 Å². The van der Waals surface area contributed by atoms with Gasteiger partial charge in [-0.2, -0.15) is 0 Å². The molecule has 0 fully saturated rings. The van der Waals surface area contributed by atoms with Crippen molar-refractivity contribution < 1.29 is 80.2 Å². The molecule has 0 spiro atoms. The molecule has 0 saturated heterocycles. The van der Waals surface area contributed by atoms with Crippen LogP contribution in [0.3, 0.4) is 0 Å². The first kappa shape index (κ1) is 85.1. The van der Waals surface area contributed by atoms with Crippen molar-refractivity contribution in [1.82, 2.24) is 0 Å². The molecule has 0 aliphatic carbocycles. The van der Waals surface area contributed by atoms with Gasteiger partial charge in [0.1, 0.15) is 19.3 Å². The lowest BCUT2D eigenvalue weighted by Gasteiger charge is -2.21. The largest absolute Gasteiger partial charge is 0.472 e. The Morgan fingerprint density at radius 3 is 0.782 bits per heavy atom. The summed E-state index contributed by atoms with van der Waals surface area (Å²) in [6, 6.07) is 0. The molecule has 0 amide bonds. The summed E-state index contributed by atoms with van der Waals surface area (Å²) in [5.74, 6) is 0.111. The molecule has 0 aliphatic heterocycles. The predicted molar refractivity (Wildman–Crippen MR) is 349 cm³/mol. The molecule has 0 aromatic rings. The summed E-state index contributed by atoms with van der Waals surface area (Å²) >= 11 is 0. The standard InChI is InChI=1S/C68H132O17P2/c1-8-9-10-11-12-18-28-35-42-49-65(70)78-55-64(85-68(73)52-45-38-31-24-23-27-34-41-48-61(6)7)58-83-87(76,77)81-54-62(69)53-80-86(74,75)82-57-63(56-79-66(71)50-43-36-29-21-17-16-20-26-33-40-47-60(4)5)84-67(72)51-44-37-30-22-15-13-14-19-25-32-39-46-59(2)3/h59-64,69H,8-58H2,1-7H3,(H,74,75)(H,76,77)/t62-,63-,64-/m1/s1. The van der Waals surface area contributed by atoms with Gasteiger partial charge in [0, 0.05) is 25.7 Å². The van der Waals surface area contributed by atoms with Crippen LogP contribution in [-0.2, 0) is 65.4 Å². The van der Waals surface area contributed by atoms with Crippen molar-refractivity contribution in [3.8, 4) is 0 Å². The van der Waals surface area contributed by atoms with Crippen LogP contribution >= 0.6 is 15.6 Å². The number of esters is 4. The van der Waals surface area contributed by atoms with E-state index in [9.17, 15) is 43.2 Å². The molecule has 0 heterocycles. The minimum Gasteiger partial charge on any atom is -0.462 e. The molecule has 19 heteroatoms. The number of carbonyl (C=O) groups excluding carboxylic acids is 4. The molecule has 3 N–H and O–H groups in total. The molecule has 2 unspecified atom stereocenters. The van der Waals surface area contributed by atoms with Crippen molar-refractivity contribution in [2.75, 3.05) is 39.6 Å². The van der Waals surface area contributed by atoms with E-state index in [-0.39, 0.29) is 25.7 Å². The molecule has 0 radical (unpaired) electrons. The van der Waals surface area contributed by atoms with Crippen LogP contribution in [0.15, 0.2) is 0 Å². The lowest BCUT2D eigenvalue weighted by molar-refractivity contribution is -0.161. The Morgan fingerprint density at radius 2 is 0.529 bits per heavy atom. The van der Waals surface area contributed by atoms with E-state index in [1.54, 1.807) is 0 Å². The van der Waals surface area contributed by atoms with E-state index in [0.717, 1.165) is 108 Å². The zero-order valence-corrected chi connectivity index (χ0v) is 58.3. The zero-order valence-electron chi connectivity index (χ0n) is 56.5. The Bertz CT molecular complexity index is 1720. The molecule has 0 bridgehead atoms. The monoisotopic (exact) mass is 1280 g/mol. The van der Waals surface area contributed by atoms with Crippen molar-refractivity contribution in [2.45, 2.75) is 356 Å². The fraction of sp³-hybridized carbons (Fsp3) is 0.941. The molecule has 0 aliphatic rings. The SMILES string of the molecule is CCCCCCCCCCCC(=O)OC[C@H](COP(=O)(O)OC[C@H](O)COP(=O)(O)OC[C@@H](COC(=O)CCCCCCCCCCCCC(C)C)OC(=O)CCCCCCCCCCCCCC(C)C)OC(=O)CCCCCCCCCCC(C)C. The van der Waals surface area contributed by atoms with E-state index in [1.165, 1.54) is 148 Å². The van der Waals surface area contributed by atoms with Crippen LogP contribution in [0.5, 0.6) is 0 Å². The fourth-order valence-electron chi connectivity index (χ4n) is 10.2. The van der Waals surface area contributed by atoms with Crippen LogP contribution in [0.2, 0.25) is 0 Å². The number of carbonyl (C=O) groups is 4. The third-order valence-electron chi connectivity index (χ3n) is 15.6. The van der Waals surface area contributed by atoms with Crippen LogP contribution in [0.25, 0.3) is 0 Å². The topological polar surface area (TPSA) is 237 Å². The van der Waals surface area contributed by atoms with E-state index < -0.39 is 97.5 Å². The Morgan fingerprint density at radius 1 is 0.310 bits per heavy atom. The number of aliphatic hydroxyl groups is 1. The van der Waals surface area contributed by atoms with Gasteiger partial charge >= 0.3 is 39.5 Å². The highest BCUT2D eigenvalue weighted by molar-refractivity contribution is 7.47. The third-order valence-corrected chi connectivity index (χ3v) is 17.5. The van der Waals surface area contributed by atoms with Crippen molar-refractivity contribution >= 4 is 39.5 Å². The number of phosphoric ester groups is 2. The van der Waals surface area contributed by atoms with E-state index in [1.807, 2.05) is 0 Å². The van der Waals surface area contributed by atoms with Crippen LogP contribution in [-0.4, -0.2) is 96.7 Å². The quantitative estimate of drug-likeness (QED) is 0.0222. The first-order chi connectivity index (χ1) is 41.7. The minimum atomic E-state index is -4.95. The molecule has 17 nitrogen and oxygen atoms in total. The zero-order chi connectivity index (χ0) is 64.5. The van der Waals surface area contributed by atoms with Gasteiger partial charge in [0.2, 0.25) is 0 Å². The Hall–Kier alpha value is -1.94.